The molecule has 1 aliphatic rings. The van der Waals surface area contributed by atoms with Gasteiger partial charge < -0.3 is 14.2 Å². The monoisotopic (exact) mass is 514 g/mol. The van der Waals surface area contributed by atoms with Crippen molar-refractivity contribution in [2.45, 2.75) is 19.9 Å². The number of rotatable bonds is 6. The third-order valence-corrected chi connectivity index (χ3v) is 7.34. The fourth-order valence-corrected chi connectivity index (χ4v) is 5.69. The minimum Gasteiger partial charge on any atom is -0.497 e. The molecule has 1 atom stereocenters. The van der Waals surface area contributed by atoms with Crippen molar-refractivity contribution in [1.82, 2.24) is 4.57 Å². The van der Waals surface area contributed by atoms with Gasteiger partial charge in [-0.15, -0.1) is 0 Å². The molecule has 4 aromatic rings. The molecule has 0 saturated heterocycles. The standard InChI is InChI=1S/C29H26N2O5S/c1-5-36-28(33)25-17(2)30-29-31(26(25)22-16-20(34-3)13-14-23(22)35-4)27(32)24(37-29)15-19-11-8-10-18-9-6-7-12-21(18)19/h6-16,26H,5H2,1-4H3/b24-15-/t26-/m1/s1. The third-order valence-electron chi connectivity index (χ3n) is 6.36. The number of fused-ring (bicyclic) bond motifs is 2. The Morgan fingerprint density at radius 3 is 2.62 bits per heavy atom. The Bertz CT molecular complexity index is 1730. The van der Waals surface area contributed by atoms with Crippen LogP contribution in [0.5, 0.6) is 11.5 Å². The van der Waals surface area contributed by atoms with Crippen molar-refractivity contribution in [2.24, 2.45) is 4.99 Å². The molecule has 1 aromatic heterocycles. The first-order valence-corrected chi connectivity index (χ1v) is 12.7. The second kappa shape index (κ2) is 10.1. The van der Waals surface area contributed by atoms with E-state index >= 15 is 0 Å². The molecule has 2 heterocycles. The molecular weight excluding hydrogens is 488 g/mol. The summed E-state index contributed by atoms with van der Waals surface area (Å²) in [6.45, 7) is 3.70. The molecular formula is C29H26N2O5S. The highest BCUT2D eigenvalue weighted by molar-refractivity contribution is 7.07. The SMILES string of the molecule is CCOC(=O)C1=C(C)N=c2s/c(=C\c3cccc4ccccc34)c(=O)n2[C@@H]1c1cc(OC)ccc1OC. The first-order valence-electron chi connectivity index (χ1n) is 11.9. The van der Waals surface area contributed by atoms with E-state index < -0.39 is 12.0 Å². The highest BCUT2D eigenvalue weighted by Gasteiger charge is 2.35. The number of esters is 1. The summed E-state index contributed by atoms with van der Waals surface area (Å²) >= 11 is 1.29. The number of benzene rings is 3. The Balaban J connectivity index is 1.79. The van der Waals surface area contributed by atoms with Crippen LogP contribution in [-0.4, -0.2) is 31.4 Å². The number of hydrogen-bond donors (Lipinski definition) is 0. The van der Waals surface area contributed by atoms with Gasteiger partial charge in [-0.05, 0) is 54.5 Å². The maximum Gasteiger partial charge on any atom is 0.338 e. The summed E-state index contributed by atoms with van der Waals surface area (Å²) in [6, 6.07) is 18.6. The molecule has 0 spiro atoms. The van der Waals surface area contributed by atoms with Crippen molar-refractivity contribution >= 4 is 34.2 Å². The molecule has 0 fully saturated rings. The van der Waals surface area contributed by atoms with E-state index in [4.69, 9.17) is 14.2 Å². The fraction of sp³-hybridized carbons (Fsp3) is 0.207. The van der Waals surface area contributed by atoms with E-state index in [1.807, 2.05) is 48.5 Å². The van der Waals surface area contributed by atoms with Crippen molar-refractivity contribution in [3.05, 3.63) is 103 Å². The maximum atomic E-state index is 14.0. The number of thiazole rings is 1. The van der Waals surface area contributed by atoms with Gasteiger partial charge in [-0.3, -0.25) is 9.36 Å². The summed E-state index contributed by atoms with van der Waals surface area (Å²) in [5.74, 6) is 0.569. The van der Waals surface area contributed by atoms with Crippen LogP contribution >= 0.6 is 11.3 Å². The Kier molecular flexibility index (Phi) is 6.67. The Morgan fingerprint density at radius 1 is 1.08 bits per heavy atom. The van der Waals surface area contributed by atoms with E-state index in [9.17, 15) is 9.59 Å². The number of methoxy groups -OCH3 is 2. The van der Waals surface area contributed by atoms with Gasteiger partial charge in [0.25, 0.3) is 5.56 Å². The van der Waals surface area contributed by atoms with Gasteiger partial charge in [0.05, 0.1) is 36.6 Å². The van der Waals surface area contributed by atoms with Gasteiger partial charge in [0.15, 0.2) is 4.80 Å². The lowest BCUT2D eigenvalue weighted by Crippen LogP contribution is -2.40. The molecule has 7 nitrogen and oxygen atoms in total. The lowest BCUT2D eigenvalue weighted by atomic mass is 9.94. The second-order valence-electron chi connectivity index (χ2n) is 8.48. The second-order valence-corrected chi connectivity index (χ2v) is 9.49. The fourth-order valence-electron chi connectivity index (χ4n) is 4.66. The van der Waals surface area contributed by atoms with Gasteiger partial charge in [0.2, 0.25) is 0 Å². The molecule has 8 heteroatoms. The van der Waals surface area contributed by atoms with Gasteiger partial charge in [-0.2, -0.15) is 0 Å². The highest BCUT2D eigenvalue weighted by atomic mass is 32.1. The molecule has 0 aliphatic carbocycles. The van der Waals surface area contributed by atoms with Gasteiger partial charge in [-0.25, -0.2) is 9.79 Å². The zero-order valence-corrected chi connectivity index (χ0v) is 21.8. The van der Waals surface area contributed by atoms with Gasteiger partial charge in [0.1, 0.15) is 17.5 Å². The zero-order valence-electron chi connectivity index (χ0n) is 21.0. The lowest BCUT2D eigenvalue weighted by molar-refractivity contribution is -0.139. The van der Waals surface area contributed by atoms with Gasteiger partial charge in [0, 0.05) is 5.56 Å². The zero-order chi connectivity index (χ0) is 26.1. The lowest BCUT2D eigenvalue weighted by Gasteiger charge is -2.26. The van der Waals surface area contributed by atoms with Crippen LogP contribution in [0.2, 0.25) is 0 Å². The number of carbonyl (C=O) groups is 1. The van der Waals surface area contributed by atoms with E-state index in [-0.39, 0.29) is 17.7 Å². The summed E-state index contributed by atoms with van der Waals surface area (Å²) in [5, 5.41) is 2.13. The van der Waals surface area contributed by atoms with Crippen molar-refractivity contribution in [1.29, 1.82) is 0 Å². The first-order chi connectivity index (χ1) is 18.0. The molecule has 0 unspecified atom stereocenters. The summed E-state index contributed by atoms with van der Waals surface area (Å²) in [5.41, 5.74) is 2.07. The molecule has 0 bridgehead atoms. The normalized spacial score (nSPS) is 15.4. The Morgan fingerprint density at radius 2 is 1.86 bits per heavy atom. The van der Waals surface area contributed by atoms with Crippen LogP contribution in [0.3, 0.4) is 0 Å². The summed E-state index contributed by atoms with van der Waals surface area (Å²) < 4.78 is 18.6. The molecule has 188 valence electrons. The van der Waals surface area contributed by atoms with Crippen LogP contribution in [0.4, 0.5) is 0 Å². The molecule has 0 radical (unpaired) electrons. The number of aromatic nitrogens is 1. The molecule has 37 heavy (non-hydrogen) atoms. The quantitative estimate of drug-likeness (QED) is 0.364. The average molecular weight is 515 g/mol. The van der Waals surface area contributed by atoms with Crippen molar-refractivity contribution in [3.8, 4) is 11.5 Å². The van der Waals surface area contributed by atoms with Crippen molar-refractivity contribution in [2.75, 3.05) is 20.8 Å². The topological polar surface area (TPSA) is 79.1 Å². The smallest absolute Gasteiger partial charge is 0.338 e. The number of nitrogens with zero attached hydrogens (tertiary/aromatic N) is 2. The van der Waals surface area contributed by atoms with E-state index in [0.717, 1.165) is 16.3 Å². The van der Waals surface area contributed by atoms with Crippen LogP contribution in [0.25, 0.3) is 16.8 Å². The number of allylic oxidation sites excluding steroid dienone is 1. The predicted octanol–water partition coefficient (Wildman–Crippen LogP) is 3.97. The Hall–Kier alpha value is -4.17. The largest absolute Gasteiger partial charge is 0.497 e. The minimum absolute atomic E-state index is 0.198. The van der Waals surface area contributed by atoms with Crippen LogP contribution in [0.1, 0.15) is 31.0 Å². The molecule has 3 aromatic carbocycles. The van der Waals surface area contributed by atoms with Gasteiger partial charge in [-0.1, -0.05) is 53.8 Å². The van der Waals surface area contributed by atoms with Crippen molar-refractivity contribution < 1.29 is 19.0 Å². The summed E-state index contributed by atoms with van der Waals surface area (Å²) in [4.78, 5) is 32.3. The third kappa shape index (κ3) is 4.34. The number of carbonyl (C=O) groups excluding carboxylic acids is 1. The van der Waals surface area contributed by atoms with Crippen LogP contribution in [-0.2, 0) is 9.53 Å². The predicted molar refractivity (Wildman–Crippen MR) is 144 cm³/mol. The molecule has 1 aliphatic heterocycles. The average Bonchev–Trinajstić information content (AvgIpc) is 3.21. The molecule has 0 N–H and O–H groups in total. The van der Waals surface area contributed by atoms with E-state index in [2.05, 4.69) is 4.99 Å². The minimum atomic E-state index is -0.796. The molecule has 0 saturated carbocycles. The molecule has 5 rings (SSSR count). The number of ether oxygens (including phenoxy) is 3. The van der Waals surface area contributed by atoms with Crippen LogP contribution in [0.15, 0.2) is 81.7 Å². The van der Waals surface area contributed by atoms with Crippen LogP contribution in [0, 0.1) is 0 Å². The highest BCUT2D eigenvalue weighted by Crippen LogP contribution is 2.37. The van der Waals surface area contributed by atoms with E-state index in [0.29, 0.717) is 32.1 Å². The first kappa shape index (κ1) is 24.5. The van der Waals surface area contributed by atoms with E-state index in [1.54, 1.807) is 50.8 Å². The Labute approximate surface area is 217 Å². The van der Waals surface area contributed by atoms with Gasteiger partial charge >= 0.3 is 5.97 Å². The molecule has 0 amide bonds. The number of hydrogen-bond acceptors (Lipinski definition) is 7. The van der Waals surface area contributed by atoms with Crippen LogP contribution < -0.4 is 24.4 Å². The van der Waals surface area contributed by atoms with Crippen molar-refractivity contribution in [3.63, 3.8) is 0 Å². The maximum absolute atomic E-state index is 14.0. The summed E-state index contributed by atoms with van der Waals surface area (Å²) in [7, 11) is 3.12. The van der Waals surface area contributed by atoms with E-state index in [1.165, 1.54) is 11.3 Å². The summed E-state index contributed by atoms with van der Waals surface area (Å²) in [6.07, 6.45) is 1.88.